The summed E-state index contributed by atoms with van der Waals surface area (Å²) in [6, 6.07) is 10.1. The molecule has 2 rings (SSSR count). The van der Waals surface area contributed by atoms with Crippen LogP contribution in [0.15, 0.2) is 36.4 Å². The zero-order valence-corrected chi connectivity index (χ0v) is 7.47. The number of carbonyl (C=O) groups is 1. The van der Waals surface area contributed by atoms with Gasteiger partial charge in [-0.2, -0.15) is 0 Å². The number of carbonyl (C=O) groups excluding carboxylic acids is 1. The van der Waals surface area contributed by atoms with Gasteiger partial charge in [0, 0.05) is 10.8 Å². The molecule has 2 aromatic rings. The number of hydrogen-bond acceptors (Lipinski definition) is 3. The van der Waals surface area contributed by atoms with Crippen LogP contribution in [-0.2, 0) is 4.79 Å². The Balaban J connectivity index is 0.000000461. The monoisotopic (exact) mass is 190 g/mol. The minimum atomic E-state index is 0.198. The van der Waals surface area contributed by atoms with Crippen LogP contribution in [0, 0.1) is 0 Å². The first-order chi connectivity index (χ1) is 6.79. The normalized spacial score (nSPS) is 9.14. The lowest BCUT2D eigenvalue weighted by Gasteiger charge is -2.01. The molecule has 2 N–H and O–H groups in total. The number of rotatable bonds is 0. The Labute approximate surface area is 81.2 Å². The summed E-state index contributed by atoms with van der Waals surface area (Å²) in [4.78, 5) is 8.00. The van der Waals surface area contributed by atoms with E-state index in [0.29, 0.717) is 10.8 Å². The van der Waals surface area contributed by atoms with Gasteiger partial charge < -0.3 is 15.0 Å². The molecular weight excluding hydrogens is 180 g/mol. The molecule has 0 spiro atoms. The van der Waals surface area contributed by atoms with Crippen LogP contribution in [0.1, 0.15) is 0 Å². The van der Waals surface area contributed by atoms with Crippen molar-refractivity contribution >= 4 is 17.6 Å². The van der Waals surface area contributed by atoms with Crippen molar-refractivity contribution in [2.75, 3.05) is 0 Å². The molecule has 0 heterocycles. The third kappa shape index (κ3) is 1.66. The van der Waals surface area contributed by atoms with Gasteiger partial charge in [-0.25, -0.2) is 0 Å². The third-order valence-corrected chi connectivity index (χ3v) is 1.88. The molecule has 3 nitrogen and oxygen atoms in total. The lowest BCUT2D eigenvalue weighted by Crippen LogP contribution is -1.73. The topological polar surface area (TPSA) is 57.5 Å². The summed E-state index contributed by atoms with van der Waals surface area (Å²) in [6.07, 6.45) is 0. The third-order valence-electron chi connectivity index (χ3n) is 1.88. The van der Waals surface area contributed by atoms with Crippen molar-refractivity contribution in [1.29, 1.82) is 0 Å². The molecule has 0 fully saturated rings. The fourth-order valence-electron chi connectivity index (χ4n) is 1.28. The first-order valence-corrected chi connectivity index (χ1v) is 3.97. The van der Waals surface area contributed by atoms with Crippen LogP contribution in [0.4, 0.5) is 0 Å². The van der Waals surface area contributed by atoms with Crippen molar-refractivity contribution < 1.29 is 15.0 Å². The van der Waals surface area contributed by atoms with Crippen LogP contribution in [0.2, 0.25) is 0 Å². The first kappa shape index (κ1) is 10.1. The molecule has 0 saturated carbocycles. The van der Waals surface area contributed by atoms with Gasteiger partial charge in [0.2, 0.25) is 0 Å². The standard InChI is InChI=1S/C10H8O2.CH2O/c11-9-5-1-3-7-8(9)4-2-6-10(7)12;1-2/h1-6,11-12H;1H2. The molecule has 0 aliphatic carbocycles. The minimum absolute atomic E-state index is 0.198. The number of fused-ring (bicyclic) bond motifs is 1. The predicted octanol–water partition coefficient (Wildman–Crippen LogP) is 2.07. The molecule has 0 atom stereocenters. The quantitative estimate of drug-likeness (QED) is 0.668. The fourth-order valence-corrected chi connectivity index (χ4v) is 1.28. The second-order valence-electron chi connectivity index (χ2n) is 2.65. The summed E-state index contributed by atoms with van der Waals surface area (Å²) in [7, 11) is 0. The smallest absolute Gasteiger partial charge is 0.123 e. The van der Waals surface area contributed by atoms with Gasteiger partial charge in [0.15, 0.2) is 0 Å². The van der Waals surface area contributed by atoms with Crippen molar-refractivity contribution in [2.45, 2.75) is 0 Å². The zero-order valence-electron chi connectivity index (χ0n) is 7.47. The van der Waals surface area contributed by atoms with Crippen molar-refractivity contribution in [2.24, 2.45) is 0 Å². The Morgan fingerprint density at radius 2 is 1.14 bits per heavy atom. The first-order valence-electron chi connectivity index (χ1n) is 3.97. The Morgan fingerprint density at radius 3 is 1.50 bits per heavy atom. The van der Waals surface area contributed by atoms with E-state index in [1.807, 2.05) is 6.79 Å². The van der Waals surface area contributed by atoms with E-state index in [0.717, 1.165) is 0 Å². The fraction of sp³-hybridized carbons (Fsp3) is 0. The summed E-state index contributed by atoms with van der Waals surface area (Å²) in [6.45, 7) is 2.00. The highest BCUT2D eigenvalue weighted by atomic mass is 16.3. The van der Waals surface area contributed by atoms with Crippen LogP contribution in [0.5, 0.6) is 11.5 Å². The van der Waals surface area contributed by atoms with Crippen LogP contribution >= 0.6 is 0 Å². The van der Waals surface area contributed by atoms with Crippen molar-refractivity contribution in [3.63, 3.8) is 0 Å². The van der Waals surface area contributed by atoms with Gasteiger partial charge in [0.25, 0.3) is 0 Å². The average molecular weight is 190 g/mol. The average Bonchev–Trinajstić information content (AvgIpc) is 2.23. The Morgan fingerprint density at radius 1 is 0.786 bits per heavy atom. The van der Waals surface area contributed by atoms with Gasteiger partial charge in [0.1, 0.15) is 18.3 Å². The minimum Gasteiger partial charge on any atom is -0.507 e. The Bertz CT molecular complexity index is 396. The van der Waals surface area contributed by atoms with Crippen molar-refractivity contribution in [3.8, 4) is 11.5 Å². The number of phenolic OH excluding ortho intramolecular Hbond substituents is 2. The van der Waals surface area contributed by atoms with E-state index in [1.54, 1.807) is 36.4 Å². The van der Waals surface area contributed by atoms with E-state index >= 15 is 0 Å². The highest BCUT2D eigenvalue weighted by molar-refractivity contribution is 5.92. The largest absolute Gasteiger partial charge is 0.507 e. The molecule has 0 amide bonds. The molecule has 0 bridgehead atoms. The summed E-state index contributed by atoms with van der Waals surface area (Å²) in [5.41, 5.74) is 0. The maximum atomic E-state index is 9.38. The second-order valence-corrected chi connectivity index (χ2v) is 2.65. The Kier molecular flexibility index (Phi) is 3.07. The number of benzene rings is 2. The molecule has 72 valence electrons. The van der Waals surface area contributed by atoms with E-state index in [2.05, 4.69) is 0 Å². The molecule has 0 unspecified atom stereocenters. The molecule has 14 heavy (non-hydrogen) atoms. The maximum Gasteiger partial charge on any atom is 0.123 e. The second kappa shape index (κ2) is 4.28. The van der Waals surface area contributed by atoms with Crippen LogP contribution in [0.25, 0.3) is 10.8 Å². The van der Waals surface area contributed by atoms with E-state index in [1.165, 1.54) is 0 Å². The van der Waals surface area contributed by atoms with Crippen LogP contribution < -0.4 is 0 Å². The number of aromatic hydroxyl groups is 2. The zero-order chi connectivity index (χ0) is 10.6. The number of phenols is 2. The summed E-state index contributed by atoms with van der Waals surface area (Å²) in [5.74, 6) is 0.395. The van der Waals surface area contributed by atoms with Gasteiger partial charge in [-0.05, 0) is 12.1 Å². The van der Waals surface area contributed by atoms with Gasteiger partial charge >= 0.3 is 0 Å². The highest BCUT2D eigenvalue weighted by Crippen LogP contribution is 2.29. The molecule has 2 aromatic carbocycles. The molecule has 0 aromatic heterocycles. The SMILES string of the molecule is C=O.Oc1cccc2c(O)cccc12. The lowest BCUT2D eigenvalue weighted by atomic mass is 10.1. The van der Waals surface area contributed by atoms with Gasteiger partial charge in [0.05, 0.1) is 0 Å². The van der Waals surface area contributed by atoms with Crippen LogP contribution in [0.3, 0.4) is 0 Å². The maximum absolute atomic E-state index is 9.38. The summed E-state index contributed by atoms with van der Waals surface area (Å²) in [5, 5.41) is 20.1. The highest BCUT2D eigenvalue weighted by Gasteiger charge is 2.00. The van der Waals surface area contributed by atoms with E-state index in [9.17, 15) is 10.2 Å². The van der Waals surface area contributed by atoms with E-state index in [-0.39, 0.29) is 11.5 Å². The summed E-state index contributed by atoms with van der Waals surface area (Å²) >= 11 is 0. The Hall–Kier alpha value is -2.03. The molecular formula is C11H10O3. The van der Waals surface area contributed by atoms with Crippen molar-refractivity contribution in [3.05, 3.63) is 36.4 Å². The number of hydrogen-bond donors (Lipinski definition) is 2. The van der Waals surface area contributed by atoms with Gasteiger partial charge in [-0.1, -0.05) is 24.3 Å². The van der Waals surface area contributed by atoms with Gasteiger partial charge in [-0.3, -0.25) is 0 Å². The van der Waals surface area contributed by atoms with E-state index < -0.39 is 0 Å². The van der Waals surface area contributed by atoms with Crippen molar-refractivity contribution in [1.82, 2.24) is 0 Å². The lowest BCUT2D eigenvalue weighted by molar-refractivity contribution is -0.0979. The predicted molar refractivity (Wildman–Crippen MR) is 54.4 cm³/mol. The molecule has 0 aliphatic heterocycles. The summed E-state index contributed by atoms with van der Waals surface area (Å²) < 4.78 is 0. The molecule has 0 aliphatic rings. The molecule has 0 radical (unpaired) electrons. The molecule has 0 saturated heterocycles. The molecule has 3 heteroatoms. The van der Waals surface area contributed by atoms with E-state index in [4.69, 9.17) is 4.79 Å². The van der Waals surface area contributed by atoms with Gasteiger partial charge in [-0.15, -0.1) is 0 Å². The van der Waals surface area contributed by atoms with Crippen LogP contribution in [-0.4, -0.2) is 17.0 Å².